The van der Waals surface area contributed by atoms with Gasteiger partial charge in [0.1, 0.15) is 17.4 Å². The molecule has 2 rings (SSSR count). The number of ether oxygens (including phenoxy) is 1. The largest absolute Gasteiger partial charge is 0.496 e. The van der Waals surface area contributed by atoms with Gasteiger partial charge in [-0.25, -0.2) is 9.37 Å². The topological polar surface area (TPSA) is 61.4 Å². The van der Waals surface area contributed by atoms with E-state index in [4.69, 9.17) is 4.74 Å². The minimum atomic E-state index is -0.299. The van der Waals surface area contributed by atoms with E-state index in [2.05, 4.69) is 9.97 Å². The number of nitrogens with one attached hydrogen (secondary N) is 1. The molecule has 0 bridgehead atoms. The quantitative estimate of drug-likeness (QED) is 0.818. The number of halogens is 1. The van der Waals surface area contributed by atoms with E-state index >= 15 is 0 Å². The number of aliphatic hydroxyl groups is 1. The van der Waals surface area contributed by atoms with Gasteiger partial charge in [-0.1, -0.05) is 0 Å². The van der Waals surface area contributed by atoms with E-state index in [9.17, 15) is 9.50 Å². The Bertz CT molecular complexity index is 586. The summed E-state index contributed by atoms with van der Waals surface area (Å²) in [6.07, 6.45) is 1.77. The second-order valence-corrected chi connectivity index (χ2v) is 4.88. The van der Waals surface area contributed by atoms with Crippen LogP contribution in [0.15, 0.2) is 24.4 Å². The fourth-order valence-corrected chi connectivity index (χ4v) is 2.26. The van der Waals surface area contributed by atoms with Crippen LogP contribution in [0.1, 0.15) is 17.1 Å². The van der Waals surface area contributed by atoms with Crippen molar-refractivity contribution < 1.29 is 14.2 Å². The summed E-state index contributed by atoms with van der Waals surface area (Å²) >= 11 is 0. The number of nitrogens with zero attached hydrogens (tertiary/aromatic N) is 2. The maximum absolute atomic E-state index is 13.4. The van der Waals surface area contributed by atoms with Gasteiger partial charge in [-0.3, -0.25) is 4.90 Å². The fraction of sp³-hybridized carbons (Fsp3) is 0.400. The summed E-state index contributed by atoms with van der Waals surface area (Å²) in [5, 5.41) is 9.21. The number of aromatic amines is 1. The Morgan fingerprint density at radius 3 is 2.81 bits per heavy atom. The van der Waals surface area contributed by atoms with Crippen molar-refractivity contribution in [1.29, 1.82) is 0 Å². The molecule has 0 atom stereocenters. The molecular weight excluding hydrogens is 273 g/mol. The second kappa shape index (κ2) is 7.19. The maximum atomic E-state index is 13.4. The number of aromatic nitrogens is 2. The smallest absolute Gasteiger partial charge is 0.123 e. The molecule has 0 radical (unpaired) electrons. The van der Waals surface area contributed by atoms with Gasteiger partial charge in [0.15, 0.2) is 0 Å². The van der Waals surface area contributed by atoms with Gasteiger partial charge in [0, 0.05) is 37.1 Å². The van der Waals surface area contributed by atoms with Gasteiger partial charge in [0.05, 0.1) is 13.7 Å². The van der Waals surface area contributed by atoms with Crippen molar-refractivity contribution >= 4 is 0 Å². The molecule has 0 fully saturated rings. The van der Waals surface area contributed by atoms with Crippen LogP contribution in [0.5, 0.6) is 5.75 Å². The molecule has 0 aliphatic rings. The van der Waals surface area contributed by atoms with Crippen LogP contribution in [0.3, 0.4) is 0 Å². The zero-order chi connectivity index (χ0) is 15.2. The number of hydrogen-bond acceptors (Lipinski definition) is 4. The number of hydrogen-bond donors (Lipinski definition) is 2. The standard InChI is InChI=1S/C15H20FN3O2/c1-11-17-8-14(18-11)10-19(5-6-20)9-12-7-13(16)3-4-15(12)21-2/h3-4,7-8,20H,5-6,9-10H2,1-2H3,(H,17,18). The first-order valence-electron chi connectivity index (χ1n) is 6.78. The lowest BCUT2D eigenvalue weighted by Gasteiger charge is -2.21. The summed E-state index contributed by atoms with van der Waals surface area (Å²) in [5.41, 5.74) is 1.71. The van der Waals surface area contributed by atoms with Crippen molar-refractivity contribution in [3.05, 3.63) is 47.3 Å². The monoisotopic (exact) mass is 293 g/mol. The third-order valence-electron chi connectivity index (χ3n) is 3.20. The normalized spacial score (nSPS) is 11.1. The van der Waals surface area contributed by atoms with Crippen LogP contribution in [0.4, 0.5) is 4.39 Å². The number of H-pyrrole nitrogens is 1. The Morgan fingerprint density at radius 1 is 1.38 bits per heavy atom. The molecule has 0 saturated carbocycles. The lowest BCUT2D eigenvalue weighted by atomic mass is 10.1. The van der Waals surface area contributed by atoms with E-state index in [-0.39, 0.29) is 12.4 Å². The Hall–Kier alpha value is -1.92. The van der Waals surface area contributed by atoms with Crippen LogP contribution in [0.25, 0.3) is 0 Å². The molecule has 1 heterocycles. The molecule has 0 spiro atoms. The van der Waals surface area contributed by atoms with Crippen LogP contribution in [0, 0.1) is 12.7 Å². The summed E-state index contributed by atoms with van der Waals surface area (Å²) in [5.74, 6) is 1.18. The highest BCUT2D eigenvalue weighted by Crippen LogP contribution is 2.21. The predicted molar refractivity (Wildman–Crippen MR) is 77.5 cm³/mol. The van der Waals surface area contributed by atoms with E-state index in [1.54, 1.807) is 19.4 Å². The van der Waals surface area contributed by atoms with Crippen molar-refractivity contribution in [1.82, 2.24) is 14.9 Å². The molecule has 1 aromatic carbocycles. The van der Waals surface area contributed by atoms with E-state index in [1.165, 1.54) is 12.1 Å². The zero-order valence-corrected chi connectivity index (χ0v) is 12.3. The number of aryl methyl sites for hydroxylation is 1. The highest BCUT2D eigenvalue weighted by molar-refractivity contribution is 5.33. The Labute approximate surface area is 123 Å². The molecule has 0 saturated heterocycles. The molecule has 2 aromatic rings. The fourth-order valence-electron chi connectivity index (χ4n) is 2.26. The summed E-state index contributed by atoms with van der Waals surface area (Å²) in [7, 11) is 1.56. The molecular formula is C15H20FN3O2. The molecule has 0 aliphatic heterocycles. The SMILES string of the molecule is COc1ccc(F)cc1CN(CCO)Cc1cnc(C)[nH]1. The third kappa shape index (κ3) is 4.27. The lowest BCUT2D eigenvalue weighted by molar-refractivity contribution is 0.181. The van der Waals surface area contributed by atoms with E-state index in [0.29, 0.717) is 25.4 Å². The molecule has 1 aromatic heterocycles. The zero-order valence-electron chi connectivity index (χ0n) is 12.3. The summed E-state index contributed by atoms with van der Waals surface area (Å²) < 4.78 is 18.7. The van der Waals surface area contributed by atoms with Gasteiger partial charge in [0.2, 0.25) is 0 Å². The first-order valence-corrected chi connectivity index (χ1v) is 6.78. The predicted octanol–water partition coefficient (Wildman–Crippen LogP) is 1.86. The average Bonchev–Trinajstić information content (AvgIpc) is 2.84. The molecule has 0 unspecified atom stereocenters. The van der Waals surface area contributed by atoms with Gasteiger partial charge in [-0.15, -0.1) is 0 Å². The van der Waals surface area contributed by atoms with E-state index in [1.807, 2.05) is 11.8 Å². The van der Waals surface area contributed by atoms with Crippen LogP contribution in [-0.4, -0.2) is 40.2 Å². The second-order valence-electron chi connectivity index (χ2n) is 4.88. The summed E-state index contributed by atoms with van der Waals surface area (Å²) in [6, 6.07) is 4.44. The first-order chi connectivity index (χ1) is 10.1. The van der Waals surface area contributed by atoms with Crippen LogP contribution in [-0.2, 0) is 13.1 Å². The number of aliphatic hydroxyl groups excluding tert-OH is 1. The van der Waals surface area contributed by atoms with Gasteiger partial charge in [0.25, 0.3) is 0 Å². The Morgan fingerprint density at radius 2 is 2.19 bits per heavy atom. The van der Waals surface area contributed by atoms with Gasteiger partial charge < -0.3 is 14.8 Å². The van der Waals surface area contributed by atoms with Crippen molar-refractivity contribution in [3.8, 4) is 5.75 Å². The molecule has 2 N–H and O–H groups in total. The molecule has 0 amide bonds. The summed E-state index contributed by atoms with van der Waals surface area (Å²) in [6.45, 7) is 3.48. The highest BCUT2D eigenvalue weighted by atomic mass is 19.1. The van der Waals surface area contributed by atoms with Gasteiger partial charge >= 0.3 is 0 Å². The minimum absolute atomic E-state index is 0.0325. The molecule has 114 valence electrons. The van der Waals surface area contributed by atoms with Crippen LogP contribution in [0.2, 0.25) is 0 Å². The van der Waals surface area contributed by atoms with Crippen molar-refractivity contribution in [2.75, 3.05) is 20.3 Å². The number of imidazole rings is 1. The average molecular weight is 293 g/mol. The van der Waals surface area contributed by atoms with Crippen molar-refractivity contribution in [3.63, 3.8) is 0 Å². The van der Waals surface area contributed by atoms with Gasteiger partial charge in [-0.05, 0) is 25.1 Å². The molecule has 5 nitrogen and oxygen atoms in total. The Balaban J connectivity index is 2.13. The molecule has 0 aliphatic carbocycles. The number of benzene rings is 1. The van der Waals surface area contributed by atoms with Crippen LogP contribution >= 0.6 is 0 Å². The van der Waals surface area contributed by atoms with Crippen molar-refractivity contribution in [2.24, 2.45) is 0 Å². The van der Waals surface area contributed by atoms with Crippen LogP contribution < -0.4 is 4.74 Å². The third-order valence-corrected chi connectivity index (χ3v) is 3.20. The molecule has 21 heavy (non-hydrogen) atoms. The highest BCUT2D eigenvalue weighted by Gasteiger charge is 2.12. The maximum Gasteiger partial charge on any atom is 0.123 e. The summed E-state index contributed by atoms with van der Waals surface area (Å²) in [4.78, 5) is 9.31. The number of rotatable bonds is 7. The van der Waals surface area contributed by atoms with E-state index in [0.717, 1.165) is 17.1 Å². The number of methoxy groups -OCH3 is 1. The molecule has 6 heteroatoms. The Kier molecular flexibility index (Phi) is 5.30. The van der Waals surface area contributed by atoms with Crippen molar-refractivity contribution in [2.45, 2.75) is 20.0 Å². The first kappa shape index (κ1) is 15.5. The lowest BCUT2D eigenvalue weighted by Crippen LogP contribution is -2.26. The minimum Gasteiger partial charge on any atom is -0.496 e. The van der Waals surface area contributed by atoms with E-state index < -0.39 is 0 Å². The van der Waals surface area contributed by atoms with Gasteiger partial charge in [-0.2, -0.15) is 0 Å².